The maximum Gasteiger partial charge on any atom is 0.255 e. The highest BCUT2D eigenvalue weighted by atomic mass is 35.5. The van der Waals surface area contributed by atoms with Gasteiger partial charge >= 0.3 is 0 Å². The Hall–Kier alpha value is -2.08. The number of anilines is 2. The van der Waals surface area contributed by atoms with Crippen molar-refractivity contribution in [2.45, 2.75) is 20.3 Å². The summed E-state index contributed by atoms with van der Waals surface area (Å²) < 4.78 is 0. The first-order valence-corrected chi connectivity index (χ1v) is 8.83. The van der Waals surface area contributed by atoms with Gasteiger partial charge in [0.1, 0.15) is 11.5 Å². The van der Waals surface area contributed by atoms with Gasteiger partial charge in [-0.15, -0.1) is 0 Å². The summed E-state index contributed by atoms with van der Waals surface area (Å²) in [6.07, 6.45) is -0.0528. The number of halogens is 3. The molecule has 2 aromatic rings. The predicted octanol–water partition coefficient (Wildman–Crippen LogP) is 5.06. The number of hydrogen-bond acceptors (Lipinski definition) is 3. The van der Waals surface area contributed by atoms with Gasteiger partial charge in [0.15, 0.2) is 0 Å². The monoisotopic (exact) mass is 409 g/mol. The van der Waals surface area contributed by atoms with Gasteiger partial charge in [-0.2, -0.15) is 10.1 Å². The molecule has 0 saturated carbocycles. The first kappa shape index (κ1) is 18.7. The predicted molar refractivity (Wildman–Crippen MR) is 105 cm³/mol. The van der Waals surface area contributed by atoms with E-state index in [-0.39, 0.29) is 34.0 Å². The molecule has 1 heterocycles. The summed E-state index contributed by atoms with van der Waals surface area (Å²) in [7, 11) is 0. The Morgan fingerprint density at radius 3 is 2.38 bits per heavy atom. The molecule has 1 aliphatic heterocycles. The second-order valence-corrected chi connectivity index (χ2v) is 7.06. The third kappa shape index (κ3) is 3.56. The minimum absolute atomic E-state index is 0.0528. The van der Waals surface area contributed by atoms with E-state index in [2.05, 4.69) is 5.10 Å². The van der Waals surface area contributed by atoms with E-state index in [9.17, 15) is 9.59 Å². The van der Waals surface area contributed by atoms with E-state index in [1.165, 1.54) is 24.0 Å². The lowest BCUT2D eigenvalue weighted by Crippen LogP contribution is -2.34. The van der Waals surface area contributed by atoms with E-state index in [1.807, 2.05) is 25.1 Å². The molecule has 0 bridgehead atoms. The molecular weight excluding hydrogens is 397 g/mol. The molecule has 5 nitrogen and oxygen atoms in total. The second kappa shape index (κ2) is 7.27. The number of rotatable bonds is 2. The Morgan fingerprint density at radius 1 is 1.15 bits per heavy atom. The van der Waals surface area contributed by atoms with Gasteiger partial charge in [0.25, 0.3) is 5.91 Å². The summed E-state index contributed by atoms with van der Waals surface area (Å²) in [6.45, 7) is 3.34. The summed E-state index contributed by atoms with van der Waals surface area (Å²) in [6, 6.07) is 10.3. The van der Waals surface area contributed by atoms with E-state index in [1.54, 1.807) is 6.07 Å². The summed E-state index contributed by atoms with van der Waals surface area (Å²) >= 11 is 18.3. The van der Waals surface area contributed by atoms with Gasteiger partial charge in [-0.3, -0.25) is 14.5 Å². The average Bonchev–Trinajstić information content (AvgIpc) is 2.87. The molecule has 0 aliphatic carbocycles. The van der Waals surface area contributed by atoms with Gasteiger partial charge in [0, 0.05) is 11.9 Å². The van der Waals surface area contributed by atoms with Crippen LogP contribution in [0.15, 0.2) is 41.5 Å². The first-order chi connectivity index (χ1) is 12.3. The third-order valence-corrected chi connectivity index (χ3v) is 4.58. The molecule has 8 heteroatoms. The van der Waals surface area contributed by atoms with Crippen molar-refractivity contribution in [1.29, 1.82) is 0 Å². The maximum atomic E-state index is 12.5. The van der Waals surface area contributed by atoms with Gasteiger partial charge in [0.05, 0.1) is 22.2 Å². The molecule has 0 radical (unpaired) electrons. The van der Waals surface area contributed by atoms with Crippen molar-refractivity contribution in [3.63, 3.8) is 0 Å². The summed E-state index contributed by atoms with van der Waals surface area (Å²) in [5.74, 6) is -0.294. The minimum atomic E-state index is -0.343. The minimum Gasteiger partial charge on any atom is -0.274 e. The van der Waals surface area contributed by atoms with E-state index in [0.29, 0.717) is 16.5 Å². The molecule has 0 spiro atoms. The van der Waals surface area contributed by atoms with Crippen LogP contribution in [0.2, 0.25) is 15.1 Å². The first-order valence-electron chi connectivity index (χ1n) is 7.70. The largest absolute Gasteiger partial charge is 0.274 e. The number of amidine groups is 1. The SMILES string of the molecule is CC(=O)N(C1=NN(c2c(Cl)cc(Cl)cc2Cl)C(=O)C1)c1cccc(C)c1. The van der Waals surface area contributed by atoms with Crippen molar-refractivity contribution in [2.24, 2.45) is 5.10 Å². The summed E-state index contributed by atoms with van der Waals surface area (Å²) in [5, 5.41) is 6.18. The number of carbonyl (C=O) groups is 2. The van der Waals surface area contributed by atoms with Crippen LogP contribution in [-0.4, -0.2) is 17.6 Å². The Bertz CT molecular complexity index is 920. The number of aryl methyl sites for hydroxylation is 1. The smallest absolute Gasteiger partial charge is 0.255 e. The van der Waals surface area contributed by atoms with Crippen molar-refractivity contribution < 1.29 is 9.59 Å². The van der Waals surface area contributed by atoms with E-state index in [4.69, 9.17) is 34.8 Å². The number of carbonyl (C=O) groups excluding carboxylic acids is 2. The lowest BCUT2D eigenvalue weighted by molar-refractivity contribution is -0.116. The Labute approximate surface area is 165 Å². The number of hydrogen-bond donors (Lipinski definition) is 0. The molecular formula is C18H14Cl3N3O2. The summed E-state index contributed by atoms with van der Waals surface area (Å²) in [4.78, 5) is 26.1. The molecule has 0 aromatic heterocycles. The molecule has 0 N–H and O–H groups in total. The number of nitrogens with zero attached hydrogens (tertiary/aromatic N) is 3. The normalized spacial score (nSPS) is 13.8. The van der Waals surface area contributed by atoms with Gasteiger partial charge in [-0.1, -0.05) is 46.9 Å². The van der Waals surface area contributed by atoms with E-state index in [0.717, 1.165) is 10.6 Å². The average molecular weight is 411 g/mol. The number of hydrazone groups is 1. The van der Waals surface area contributed by atoms with Crippen molar-refractivity contribution >= 4 is 63.8 Å². The van der Waals surface area contributed by atoms with E-state index >= 15 is 0 Å². The molecule has 1 aliphatic rings. The van der Waals surface area contributed by atoms with Crippen LogP contribution in [0.1, 0.15) is 18.9 Å². The van der Waals surface area contributed by atoms with E-state index < -0.39 is 0 Å². The van der Waals surface area contributed by atoms with Crippen LogP contribution in [-0.2, 0) is 9.59 Å². The summed E-state index contributed by atoms with van der Waals surface area (Å²) in [5.41, 5.74) is 1.86. The van der Waals surface area contributed by atoms with Gasteiger partial charge in [-0.25, -0.2) is 0 Å². The molecule has 26 heavy (non-hydrogen) atoms. The second-order valence-electron chi connectivity index (χ2n) is 5.81. The zero-order valence-electron chi connectivity index (χ0n) is 14.0. The molecule has 0 atom stereocenters. The fourth-order valence-electron chi connectivity index (χ4n) is 2.73. The highest BCUT2D eigenvalue weighted by Crippen LogP contribution is 2.38. The molecule has 0 saturated heterocycles. The maximum absolute atomic E-state index is 12.5. The number of benzene rings is 2. The molecule has 2 aromatic carbocycles. The van der Waals surface area contributed by atoms with Gasteiger partial charge in [-0.05, 0) is 36.8 Å². The standard InChI is InChI=1S/C18H14Cl3N3O2/c1-10-4-3-5-13(6-10)23(11(2)25)16-9-17(26)24(22-16)18-14(20)7-12(19)8-15(18)21/h3-8H,9H2,1-2H3. The van der Waals surface area contributed by atoms with Crippen LogP contribution in [0, 0.1) is 6.92 Å². The third-order valence-electron chi connectivity index (χ3n) is 3.79. The molecule has 0 fully saturated rings. The van der Waals surface area contributed by atoms with Crippen LogP contribution in [0.5, 0.6) is 0 Å². The zero-order valence-corrected chi connectivity index (χ0v) is 16.2. The van der Waals surface area contributed by atoms with Crippen LogP contribution in [0.25, 0.3) is 0 Å². The van der Waals surface area contributed by atoms with Crippen LogP contribution in [0.4, 0.5) is 11.4 Å². The molecule has 3 rings (SSSR count). The highest BCUT2D eigenvalue weighted by Gasteiger charge is 2.33. The Balaban J connectivity index is 2.05. The van der Waals surface area contributed by atoms with Crippen LogP contribution < -0.4 is 9.91 Å². The lowest BCUT2D eigenvalue weighted by Gasteiger charge is -2.20. The van der Waals surface area contributed by atoms with Crippen LogP contribution >= 0.6 is 34.8 Å². The lowest BCUT2D eigenvalue weighted by atomic mass is 10.2. The molecule has 134 valence electrons. The Kier molecular flexibility index (Phi) is 5.23. The highest BCUT2D eigenvalue weighted by molar-refractivity contribution is 6.43. The number of amides is 2. The zero-order chi connectivity index (χ0) is 19.0. The van der Waals surface area contributed by atoms with Crippen molar-refractivity contribution in [3.05, 3.63) is 57.0 Å². The molecule has 0 unspecified atom stereocenters. The van der Waals surface area contributed by atoms with Crippen LogP contribution in [0.3, 0.4) is 0 Å². The van der Waals surface area contributed by atoms with Gasteiger partial charge in [0.2, 0.25) is 5.91 Å². The Morgan fingerprint density at radius 2 is 1.81 bits per heavy atom. The quantitative estimate of drug-likeness (QED) is 0.695. The van der Waals surface area contributed by atoms with Crippen molar-refractivity contribution in [3.8, 4) is 0 Å². The van der Waals surface area contributed by atoms with Gasteiger partial charge < -0.3 is 0 Å². The molecule has 2 amide bonds. The van der Waals surface area contributed by atoms with Crippen molar-refractivity contribution in [1.82, 2.24) is 0 Å². The van der Waals surface area contributed by atoms with Crippen molar-refractivity contribution in [2.75, 3.05) is 9.91 Å². The fourth-order valence-corrected chi connectivity index (χ4v) is 3.71. The fraction of sp³-hybridized carbons (Fsp3) is 0.167. The topological polar surface area (TPSA) is 53.0 Å².